The van der Waals surface area contributed by atoms with E-state index >= 15 is 0 Å². The van der Waals surface area contributed by atoms with Crippen LogP contribution < -0.4 is 15.4 Å². The highest BCUT2D eigenvalue weighted by Crippen LogP contribution is 2.34. The molecule has 2 N–H and O–H groups in total. The molecule has 8 nitrogen and oxygen atoms in total. The lowest BCUT2D eigenvalue weighted by atomic mass is 10.1. The van der Waals surface area contributed by atoms with E-state index in [1.54, 1.807) is 0 Å². The minimum absolute atomic E-state index is 0.100. The molecule has 1 aromatic heterocycles. The quantitative estimate of drug-likeness (QED) is 0.318. The van der Waals surface area contributed by atoms with Crippen molar-refractivity contribution in [2.24, 2.45) is 0 Å². The molecule has 0 bridgehead atoms. The standard InChI is InChI=1S/C17H19N3O5S2/c1-5-11-9(2)27-15(14(11)16(21)25-4)19-17(26)18-12-8-10(20(22)23)6-7-13(12)24-3/h6-8H,5H2,1-4H3,(H2,18,19,26). The SMILES string of the molecule is CCc1c(C)sc(NC(=S)Nc2cc([N+](=O)[O-])ccc2OC)c1C(=O)OC. The minimum Gasteiger partial charge on any atom is -0.495 e. The summed E-state index contributed by atoms with van der Waals surface area (Å²) >= 11 is 6.70. The van der Waals surface area contributed by atoms with Gasteiger partial charge in [0.25, 0.3) is 5.69 Å². The molecule has 2 aromatic rings. The van der Waals surface area contributed by atoms with Gasteiger partial charge in [0.05, 0.1) is 30.4 Å². The molecule has 0 radical (unpaired) electrons. The number of nitro benzene ring substituents is 1. The molecule has 0 saturated carbocycles. The number of nitrogens with one attached hydrogen (secondary N) is 2. The Bertz CT molecular complexity index is 895. The van der Waals surface area contributed by atoms with Crippen molar-refractivity contribution in [1.82, 2.24) is 0 Å². The average Bonchev–Trinajstić information content (AvgIpc) is 2.95. The average molecular weight is 409 g/mol. The van der Waals surface area contributed by atoms with Gasteiger partial charge < -0.3 is 20.1 Å². The molecule has 0 saturated heterocycles. The molecule has 0 aliphatic rings. The summed E-state index contributed by atoms with van der Waals surface area (Å²) in [6.45, 7) is 3.87. The Morgan fingerprint density at radius 1 is 1.33 bits per heavy atom. The molecule has 0 unspecified atom stereocenters. The number of esters is 1. The highest BCUT2D eigenvalue weighted by Gasteiger charge is 2.22. The van der Waals surface area contributed by atoms with E-state index in [9.17, 15) is 14.9 Å². The van der Waals surface area contributed by atoms with Gasteiger partial charge in [0.2, 0.25) is 0 Å². The van der Waals surface area contributed by atoms with Gasteiger partial charge in [0.1, 0.15) is 10.8 Å². The molecule has 2 rings (SSSR count). The number of methoxy groups -OCH3 is 2. The van der Waals surface area contributed by atoms with Crippen molar-refractivity contribution in [3.63, 3.8) is 0 Å². The number of nitro groups is 1. The number of aryl methyl sites for hydroxylation is 1. The Labute approximate surface area is 165 Å². The summed E-state index contributed by atoms with van der Waals surface area (Å²) in [5, 5.41) is 17.6. The molecular weight excluding hydrogens is 390 g/mol. The summed E-state index contributed by atoms with van der Waals surface area (Å²) in [7, 11) is 2.78. The van der Waals surface area contributed by atoms with Crippen molar-refractivity contribution >= 4 is 51.0 Å². The molecule has 0 amide bonds. The summed E-state index contributed by atoms with van der Waals surface area (Å²) in [6, 6.07) is 4.14. The lowest BCUT2D eigenvalue weighted by Gasteiger charge is -2.13. The summed E-state index contributed by atoms with van der Waals surface area (Å²) in [5.41, 5.74) is 1.58. The Hall–Kier alpha value is -2.72. The number of non-ortho nitro benzene ring substituents is 1. The van der Waals surface area contributed by atoms with Crippen LogP contribution in [0.3, 0.4) is 0 Å². The van der Waals surface area contributed by atoms with E-state index in [1.165, 1.54) is 43.8 Å². The van der Waals surface area contributed by atoms with Gasteiger partial charge >= 0.3 is 5.97 Å². The number of ether oxygens (including phenoxy) is 2. The predicted molar refractivity (Wildman–Crippen MR) is 109 cm³/mol. The van der Waals surface area contributed by atoms with Crippen LogP contribution in [-0.2, 0) is 11.2 Å². The lowest BCUT2D eigenvalue weighted by molar-refractivity contribution is -0.384. The van der Waals surface area contributed by atoms with E-state index < -0.39 is 10.9 Å². The maximum absolute atomic E-state index is 12.2. The second kappa shape index (κ2) is 8.78. The molecule has 0 aliphatic heterocycles. The van der Waals surface area contributed by atoms with Gasteiger partial charge in [-0.1, -0.05) is 6.92 Å². The highest BCUT2D eigenvalue weighted by atomic mass is 32.1. The minimum atomic E-state index is -0.507. The highest BCUT2D eigenvalue weighted by molar-refractivity contribution is 7.80. The molecule has 0 fully saturated rings. The van der Waals surface area contributed by atoms with Gasteiger partial charge in [0.15, 0.2) is 5.11 Å². The topological polar surface area (TPSA) is 103 Å². The zero-order valence-corrected chi connectivity index (χ0v) is 16.9. The van der Waals surface area contributed by atoms with Crippen molar-refractivity contribution in [2.75, 3.05) is 24.9 Å². The first-order chi connectivity index (χ1) is 12.8. The molecule has 10 heteroatoms. The van der Waals surface area contributed by atoms with Crippen LogP contribution in [-0.4, -0.2) is 30.2 Å². The predicted octanol–water partition coefficient (Wildman–Crippen LogP) is 4.13. The van der Waals surface area contributed by atoms with E-state index in [0.29, 0.717) is 28.4 Å². The molecule has 144 valence electrons. The zero-order chi connectivity index (χ0) is 20.1. The molecule has 1 aromatic carbocycles. The monoisotopic (exact) mass is 409 g/mol. The van der Waals surface area contributed by atoms with Gasteiger partial charge in [-0.2, -0.15) is 0 Å². The number of benzene rings is 1. The maximum Gasteiger partial charge on any atom is 0.341 e. The molecule has 1 heterocycles. The van der Waals surface area contributed by atoms with Crippen molar-refractivity contribution in [3.8, 4) is 5.75 Å². The van der Waals surface area contributed by atoms with Gasteiger partial charge in [-0.05, 0) is 37.2 Å². The van der Waals surface area contributed by atoms with E-state index in [-0.39, 0.29) is 10.8 Å². The third-order valence-corrected chi connectivity index (χ3v) is 5.09. The van der Waals surface area contributed by atoms with Gasteiger partial charge in [-0.25, -0.2) is 4.79 Å². The third-order valence-electron chi connectivity index (χ3n) is 3.82. The van der Waals surface area contributed by atoms with E-state index in [1.807, 2.05) is 13.8 Å². The number of carbonyl (C=O) groups excluding carboxylic acids is 1. The third kappa shape index (κ3) is 4.52. The second-order valence-electron chi connectivity index (χ2n) is 5.41. The Kier molecular flexibility index (Phi) is 6.70. The lowest BCUT2D eigenvalue weighted by Crippen LogP contribution is -2.20. The van der Waals surface area contributed by atoms with Crippen LogP contribution in [0.4, 0.5) is 16.4 Å². The number of hydrogen-bond acceptors (Lipinski definition) is 7. The van der Waals surface area contributed by atoms with Crippen LogP contribution >= 0.6 is 23.6 Å². The van der Waals surface area contributed by atoms with Gasteiger partial charge in [-0.3, -0.25) is 10.1 Å². The molecule has 0 spiro atoms. The Morgan fingerprint density at radius 2 is 2.04 bits per heavy atom. The first-order valence-electron chi connectivity index (χ1n) is 7.93. The van der Waals surface area contributed by atoms with Crippen LogP contribution in [0.2, 0.25) is 0 Å². The van der Waals surface area contributed by atoms with Crippen LogP contribution in [0.25, 0.3) is 0 Å². The Balaban J connectivity index is 2.30. The van der Waals surface area contributed by atoms with E-state index in [0.717, 1.165) is 10.4 Å². The molecule has 0 atom stereocenters. The second-order valence-corrected chi connectivity index (χ2v) is 7.04. The van der Waals surface area contributed by atoms with Crippen molar-refractivity contribution in [1.29, 1.82) is 0 Å². The van der Waals surface area contributed by atoms with Gasteiger partial charge in [0, 0.05) is 17.0 Å². The van der Waals surface area contributed by atoms with Crippen LogP contribution in [0.1, 0.15) is 27.7 Å². The first kappa shape index (κ1) is 20.6. The smallest absolute Gasteiger partial charge is 0.341 e. The number of hydrogen-bond donors (Lipinski definition) is 2. The fourth-order valence-electron chi connectivity index (χ4n) is 2.57. The number of thiocarbonyl (C=S) groups is 1. The van der Waals surface area contributed by atoms with Crippen LogP contribution in [0, 0.1) is 17.0 Å². The van der Waals surface area contributed by atoms with Crippen molar-refractivity contribution < 1.29 is 19.2 Å². The molecule has 27 heavy (non-hydrogen) atoms. The summed E-state index contributed by atoms with van der Waals surface area (Å²) < 4.78 is 10.1. The number of carbonyl (C=O) groups is 1. The fourth-order valence-corrected chi connectivity index (χ4v) is 3.99. The number of rotatable bonds is 6. The summed E-state index contributed by atoms with van der Waals surface area (Å²) in [5.74, 6) is -0.0519. The number of anilines is 2. The first-order valence-corrected chi connectivity index (χ1v) is 9.15. The van der Waals surface area contributed by atoms with E-state index in [4.69, 9.17) is 21.7 Å². The van der Waals surface area contributed by atoms with E-state index in [2.05, 4.69) is 10.6 Å². The number of nitrogens with zero attached hydrogens (tertiary/aromatic N) is 1. The normalized spacial score (nSPS) is 10.2. The van der Waals surface area contributed by atoms with Crippen molar-refractivity contribution in [3.05, 3.63) is 44.3 Å². The summed E-state index contributed by atoms with van der Waals surface area (Å²) in [4.78, 5) is 23.6. The van der Waals surface area contributed by atoms with Crippen LogP contribution in [0.15, 0.2) is 18.2 Å². The van der Waals surface area contributed by atoms with Gasteiger partial charge in [-0.15, -0.1) is 11.3 Å². The maximum atomic E-state index is 12.2. The zero-order valence-electron chi connectivity index (χ0n) is 15.2. The fraction of sp³-hybridized carbons (Fsp3) is 0.294. The summed E-state index contributed by atoms with van der Waals surface area (Å²) in [6.07, 6.45) is 0.674. The Morgan fingerprint density at radius 3 is 2.59 bits per heavy atom. The van der Waals surface area contributed by atoms with Crippen LogP contribution in [0.5, 0.6) is 5.75 Å². The molecule has 0 aliphatic carbocycles. The number of thiophene rings is 1. The molecular formula is C17H19N3O5S2. The largest absolute Gasteiger partial charge is 0.495 e. The van der Waals surface area contributed by atoms with Crippen molar-refractivity contribution in [2.45, 2.75) is 20.3 Å².